The van der Waals surface area contributed by atoms with Crippen molar-refractivity contribution in [2.24, 2.45) is 0 Å². The Hall–Kier alpha value is -0.990. The van der Waals surface area contributed by atoms with Crippen LogP contribution in [0.25, 0.3) is 0 Å². The molecule has 0 aliphatic carbocycles. The summed E-state index contributed by atoms with van der Waals surface area (Å²) < 4.78 is 2.09. The fraction of sp³-hybridized carbons (Fsp3) is 0.438. The number of hydrogen-bond donors (Lipinski definition) is 0. The number of halogens is 2. The van der Waals surface area contributed by atoms with Crippen LogP contribution in [-0.4, -0.2) is 9.55 Å². The predicted octanol–water partition coefficient (Wildman–Crippen LogP) is 5.55. The first-order chi connectivity index (χ1) is 9.72. The summed E-state index contributed by atoms with van der Waals surface area (Å²) in [6, 6.07) is 5.74. The summed E-state index contributed by atoms with van der Waals surface area (Å²) in [5, 5.41) is 1.53. The molecule has 1 atom stereocenters. The summed E-state index contributed by atoms with van der Waals surface area (Å²) in [7, 11) is 0. The molecule has 0 fully saturated rings. The van der Waals surface area contributed by atoms with Crippen molar-refractivity contribution in [2.75, 3.05) is 0 Å². The molecule has 0 aliphatic rings. The molecule has 0 amide bonds. The average molecular weight is 311 g/mol. The fourth-order valence-corrected chi connectivity index (χ4v) is 3.22. The Kier molecular flexibility index (Phi) is 5.93. The Balaban J connectivity index is 2.20. The lowest BCUT2D eigenvalue weighted by Gasteiger charge is -2.20. The van der Waals surface area contributed by atoms with Gasteiger partial charge in [0, 0.05) is 34.9 Å². The van der Waals surface area contributed by atoms with Gasteiger partial charge in [0.2, 0.25) is 0 Å². The molecule has 0 saturated carbocycles. The Labute approximate surface area is 130 Å². The van der Waals surface area contributed by atoms with Crippen molar-refractivity contribution in [3.8, 4) is 0 Å². The number of benzene rings is 1. The quantitative estimate of drug-likeness (QED) is 0.613. The van der Waals surface area contributed by atoms with Crippen LogP contribution in [0.2, 0.25) is 10.0 Å². The highest BCUT2D eigenvalue weighted by Gasteiger charge is 2.18. The van der Waals surface area contributed by atoms with Crippen molar-refractivity contribution in [3.05, 3.63) is 52.5 Å². The van der Waals surface area contributed by atoms with Gasteiger partial charge >= 0.3 is 0 Å². The van der Waals surface area contributed by atoms with Crippen LogP contribution in [0.15, 0.2) is 36.9 Å². The van der Waals surface area contributed by atoms with Crippen molar-refractivity contribution in [1.29, 1.82) is 0 Å². The van der Waals surface area contributed by atoms with Crippen LogP contribution in [0.3, 0.4) is 0 Å². The molecular formula is C16H20Cl2N2. The van der Waals surface area contributed by atoms with E-state index in [1.165, 1.54) is 19.3 Å². The molecule has 0 spiro atoms. The zero-order valence-corrected chi connectivity index (χ0v) is 13.2. The second-order valence-electron chi connectivity index (χ2n) is 5.09. The smallest absolute Gasteiger partial charge is 0.0946 e. The maximum Gasteiger partial charge on any atom is 0.0946 e. The Bertz CT molecular complexity index is 503. The molecule has 108 valence electrons. The van der Waals surface area contributed by atoms with Gasteiger partial charge in [-0.3, -0.25) is 0 Å². The van der Waals surface area contributed by atoms with Gasteiger partial charge in [0.15, 0.2) is 0 Å². The molecule has 2 rings (SSSR count). The largest absolute Gasteiger partial charge is 0.337 e. The number of imidazole rings is 1. The van der Waals surface area contributed by atoms with Crippen molar-refractivity contribution in [1.82, 2.24) is 9.55 Å². The first-order valence-corrected chi connectivity index (χ1v) is 7.87. The number of hydrogen-bond acceptors (Lipinski definition) is 1. The third-order valence-corrected chi connectivity index (χ3v) is 4.21. The lowest BCUT2D eigenvalue weighted by Crippen LogP contribution is -2.09. The standard InChI is InChI=1S/C16H20Cl2N2/c1-2-3-4-6-13(11-20-10-9-19-12-20)16-14(17)7-5-8-15(16)18/h5,7-10,12-13H,2-4,6,11H2,1H3. The van der Waals surface area contributed by atoms with Gasteiger partial charge in [0.1, 0.15) is 0 Å². The summed E-state index contributed by atoms with van der Waals surface area (Å²) in [5.41, 5.74) is 1.07. The van der Waals surface area contributed by atoms with E-state index in [9.17, 15) is 0 Å². The third kappa shape index (κ3) is 4.00. The maximum absolute atomic E-state index is 6.37. The van der Waals surface area contributed by atoms with Gasteiger partial charge in [-0.25, -0.2) is 4.98 Å². The first kappa shape index (κ1) is 15.4. The Morgan fingerprint density at radius 3 is 2.55 bits per heavy atom. The second-order valence-corrected chi connectivity index (χ2v) is 5.90. The molecule has 20 heavy (non-hydrogen) atoms. The number of rotatable bonds is 7. The molecule has 0 saturated heterocycles. The zero-order chi connectivity index (χ0) is 14.4. The minimum atomic E-state index is 0.331. The van der Waals surface area contributed by atoms with Gasteiger partial charge in [0.25, 0.3) is 0 Å². The third-order valence-electron chi connectivity index (χ3n) is 3.55. The topological polar surface area (TPSA) is 17.8 Å². The average Bonchev–Trinajstić information content (AvgIpc) is 2.91. The van der Waals surface area contributed by atoms with E-state index in [-0.39, 0.29) is 0 Å². The van der Waals surface area contributed by atoms with E-state index in [1.807, 2.05) is 30.7 Å². The Morgan fingerprint density at radius 1 is 1.20 bits per heavy atom. The van der Waals surface area contributed by atoms with E-state index >= 15 is 0 Å². The number of aromatic nitrogens is 2. The normalized spacial score (nSPS) is 12.6. The van der Waals surface area contributed by atoms with Crippen LogP contribution < -0.4 is 0 Å². The van der Waals surface area contributed by atoms with Gasteiger partial charge < -0.3 is 4.57 Å². The molecule has 2 aromatic rings. The molecule has 1 unspecified atom stereocenters. The summed E-state index contributed by atoms with van der Waals surface area (Å²) in [5.74, 6) is 0.331. The van der Waals surface area contributed by atoms with Crippen LogP contribution in [0, 0.1) is 0 Å². The van der Waals surface area contributed by atoms with Gasteiger partial charge in [0.05, 0.1) is 6.33 Å². The van der Waals surface area contributed by atoms with Crippen molar-refractivity contribution < 1.29 is 0 Å². The SMILES string of the molecule is CCCCCC(Cn1ccnc1)c1c(Cl)cccc1Cl. The van der Waals surface area contributed by atoms with Crippen molar-refractivity contribution >= 4 is 23.2 Å². The maximum atomic E-state index is 6.37. The van der Waals surface area contributed by atoms with Gasteiger partial charge in [-0.15, -0.1) is 0 Å². The number of nitrogens with zero attached hydrogens (tertiary/aromatic N) is 2. The molecule has 1 aromatic heterocycles. The highest BCUT2D eigenvalue weighted by Crippen LogP contribution is 2.35. The summed E-state index contributed by atoms with van der Waals surface area (Å²) in [4.78, 5) is 4.11. The molecule has 0 aliphatic heterocycles. The monoisotopic (exact) mass is 310 g/mol. The first-order valence-electron chi connectivity index (χ1n) is 7.12. The minimum absolute atomic E-state index is 0.331. The van der Waals surface area contributed by atoms with Crippen LogP contribution in [0.4, 0.5) is 0 Å². The van der Waals surface area contributed by atoms with Crippen LogP contribution in [-0.2, 0) is 6.54 Å². The van der Waals surface area contributed by atoms with Crippen LogP contribution in [0.5, 0.6) is 0 Å². The van der Waals surface area contributed by atoms with E-state index in [0.717, 1.165) is 28.6 Å². The number of unbranched alkanes of at least 4 members (excludes halogenated alkanes) is 2. The molecule has 0 bridgehead atoms. The van der Waals surface area contributed by atoms with E-state index in [0.29, 0.717) is 5.92 Å². The summed E-state index contributed by atoms with van der Waals surface area (Å²) >= 11 is 12.7. The highest BCUT2D eigenvalue weighted by molar-refractivity contribution is 6.36. The summed E-state index contributed by atoms with van der Waals surface area (Å²) in [6.45, 7) is 3.08. The lowest BCUT2D eigenvalue weighted by molar-refractivity contribution is 0.497. The Morgan fingerprint density at radius 2 is 1.95 bits per heavy atom. The van der Waals surface area contributed by atoms with Gasteiger partial charge in [-0.05, 0) is 24.1 Å². The lowest BCUT2D eigenvalue weighted by atomic mass is 9.93. The minimum Gasteiger partial charge on any atom is -0.337 e. The summed E-state index contributed by atoms with van der Waals surface area (Å²) in [6.07, 6.45) is 10.4. The van der Waals surface area contributed by atoms with Gasteiger partial charge in [-0.1, -0.05) is 55.5 Å². The highest BCUT2D eigenvalue weighted by atomic mass is 35.5. The fourth-order valence-electron chi connectivity index (χ4n) is 2.52. The van der Waals surface area contributed by atoms with Crippen LogP contribution in [0.1, 0.15) is 44.1 Å². The molecular weight excluding hydrogens is 291 g/mol. The van der Waals surface area contributed by atoms with Crippen molar-refractivity contribution in [3.63, 3.8) is 0 Å². The molecule has 4 heteroatoms. The zero-order valence-electron chi connectivity index (χ0n) is 11.7. The molecule has 0 N–H and O–H groups in total. The second kappa shape index (κ2) is 7.70. The van der Waals surface area contributed by atoms with Crippen LogP contribution >= 0.6 is 23.2 Å². The van der Waals surface area contributed by atoms with E-state index in [1.54, 1.807) is 6.20 Å². The molecule has 1 aromatic carbocycles. The molecule has 1 heterocycles. The molecule has 2 nitrogen and oxygen atoms in total. The van der Waals surface area contributed by atoms with E-state index < -0.39 is 0 Å². The van der Waals surface area contributed by atoms with E-state index in [2.05, 4.69) is 16.5 Å². The van der Waals surface area contributed by atoms with Gasteiger partial charge in [-0.2, -0.15) is 0 Å². The predicted molar refractivity (Wildman–Crippen MR) is 85.6 cm³/mol. The van der Waals surface area contributed by atoms with Crippen molar-refractivity contribution in [2.45, 2.75) is 45.1 Å². The van der Waals surface area contributed by atoms with E-state index in [4.69, 9.17) is 23.2 Å². The molecule has 0 radical (unpaired) electrons.